The Morgan fingerprint density at radius 1 is 1.24 bits per heavy atom. The number of fused-ring (bicyclic) bond motifs is 1. The van der Waals surface area contributed by atoms with Gasteiger partial charge >= 0.3 is 5.97 Å². The number of methoxy groups -OCH3 is 1. The van der Waals surface area contributed by atoms with E-state index < -0.39 is 11.2 Å². The zero-order valence-electron chi connectivity index (χ0n) is 16.0. The first-order valence-electron chi connectivity index (χ1n) is 8.50. The van der Waals surface area contributed by atoms with E-state index in [2.05, 4.69) is 15.3 Å². The maximum Gasteiger partial charge on any atom is 0.348 e. The molecule has 1 aromatic carbocycles. The molecule has 6 nitrogen and oxygen atoms in total. The number of ether oxygens (including phenoxy) is 1. The van der Waals surface area contributed by atoms with Crippen LogP contribution in [0.5, 0.6) is 0 Å². The number of rotatable bonds is 5. The van der Waals surface area contributed by atoms with Crippen LogP contribution in [0.15, 0.2) is 23.2 Å². The molecule has 1 atom stereocenters. The van der Waals surface area contributed by atoms with E-state index in [1.165, 1.54) is 30.2 Å². The van der Waals surface area contributed by atoms with Crippen LogP contribution in [0, 0.1) is 13.8 Å². The summed E-state index contributed by atoms with van der Waals surface area (Å²) in [4.78, 5) is 34.8. The summed E-state index contributed by atoms with van der Waals surface area (Å²) in [6.45, 7) is 5.36. The third-order valence-electron chi connectivity index (χ3n) is 4.11. The van der Waals surface area contributed by atoms with Crippen LogP contribution >= 0.6 is 46.3 Å². The second-order valence-corrected chi connectivity index (χ2v) is 9.27. The van der Waals surface area contributed by atoms with Crippen LogP contribution in [0.2, 0.25) is 10.0 Å². The average Bonchev–Trinajstić information content (AvgIpc) is 3.01. The number of nitrogens with one attached hydrogen (secondary N) is 1. The van der Waals surface area contributed by atoms with Crippen molar-refractivity contribution >= 4 is 74.1 Å². The summed E-state index contributed by atoms with van der Waals surface area (Å²) < 4.78 is 4.85. The average molecular weight is 470 g/mol. The molecule has 1 amide bonds. The van der Waals surface area contributed by atoms with Gasteiger partial charge in [0.25, 0.3) is 0 Å². The molecule has 1 N–H and O–H groups in total. The van der Waals surface area contributed by atoms with Crippen molar-refractivity contribution in [1.29, 1.82) is 0 Å². The van der Waals surface area contributed by atoms with Gasteiger partial charge in [-0.05, 0) is 38.5 Å². The van der Waals surface area contributed by atoms with E-state index in [9.17, 15) is 9.59 Å². The summed E-state index contributed by atoms with van der Waals surface area (Å²) in [5.74, 6) is -0.103. The molecule has 0 unspecified atom stereocenters. The van der Waals surface area contributed by atoms with Crippen LogP contribution in [-0.2, 0) is 9.53 Å². The maximum atomic E-state index is 12.7. The zero-order chi connectivity index (χ0) is 21.3. The van der Waals surface area contributed by atoms with Gasteiger partial charge in [-0.25, -0.2) is 14.8 Å². The van der Waals surface area contributed by atoms with Gasteiger partial charge in [-0.3, -0.25) is 4.79 Å². The standard InChI is InChI=1S/C19H17Cl2N3O3S2/c1-8-13-17(22-10(3)23-18(13)29-15(8)19(26)27-4)28-9(2)16(25)24-12-7-5-6-11(20)14(12)21/h5-7,9H,1-4H3,(H,24,25)/t9-/m0/s1. The largest absolute Gasteiger partial charge is 0.465 e. The van der Waals surface area contributed by atoms with E-state index in [1.807, 2.05) is 6.92 Å². The van der Waals surface area contributed by atoms with Crippen molar-refractivity contribution in [3.05, 3.63) is 44.5 Å². The molecule has 0 saturated heterocycles. The third kappa shape index (κ3) is 4.50. The van der Waals surface area contributed by atoms with Crippen LogP contribution in [0.1, 0.15) is 28.0 Å². The van der Waals surface area contributed by atoms with Gasteiger partial charge in [0.05, 0.1) is 28.1 Å². The first kappa shape index (κ1) is 21.8. The fraction of sp³-hybridized carbons (Fsp3) is 0.263. The van der Waals surface area contributed by atoms with Gasteiger partial charge < -0.3 is 10.1 Å². The van der Waals surface area contributed by atoms with Crippen molar-refractivity contribution in [3.8, 4) is 0 Å². The molecule has 0 radical (unpaired) electrons. The lowest BCUT2D eigenvalue weighted by atomic mass is 10.2. The number of hydrogen-bond donors (Lipinski definition) is 1. The smallest absolute Gasteiger partial charge is 0.348 e. The first-order chi connectivity index (χ1) is 13.7. The van der Waals surface area contributed by atoms with Crippen molar-refractivity contribution in [1.82, 2.24) is 9.97 Å². The van der Waals surface area contributed by atoms with Crippen LogP contribution in [0.3, 0.4) is 0 Å². The molecular weight excluding hydrogens is 453 g/mol. The number of benzene rings is 1. The van der Waals surface area contributed by atoms with Crippen LogP contribution in [0.4, 0.5) is 5.69 Å². The van der Waals surface area contributed by atoms with Gasteiger partial charge in [0.15, 0.2) is 0 Å². The molecule has 152 valence electrons. The Kier molecular flexibility index (Phi) is 6.68. The second kappa shape index (κ2) is 8.87. The Hall–Kier alpha value is -1.87. The van der Waals surface area contributed by atoms with Gasteiger partial charge in [-0.2, -0.15) is 0 Å². The molecule has 0 spiro atoms. The number of carbonyl (C=O) groups excluding carboxylic acids is 2. The number of nitrogens with zero attached hydrogens (tertiary/aromatic N) is 2. The minimum absolute atomic E-state index is 0.246. The summed E-state index contributed by atoms with van der Waals surface area (Å²) >= 11 is 14.7. The van der Waals surface area contributed by atoms with Gasteiger partial charge in [0.1, 0.15) is 20.6 Å². The van der Waals surface area contributed by atoms with E-state index in [1.54, 1.807) is 32.0 Å². The highest BCUT2D eigenvalue weighted by Gasteiger charge is 2.24. The van der Waals surface area contributed by atoms with Crippen LogP contribution < -0.4 is 5.32 Å². The number of carbonyl (C=O) groups is 2. The molecule has 3 rings (SSSR count). The molecular formula is C19H17Cl2N3O3S2. The topological polar surface area (TPSA) is 81.2 Å². The molecule has 0 aliphatic heterocycles. The zero-order valence-corrected chi connectivity index (χ0v) is 19.1. The molecule has 0 aliphatic carbocycles. The number of thiophene rings is 1. The number of halogens is 2. The van der Waals surface area contributed by atoms with Crippen molar-refractivity contribution in [2.75, 3.05) is 12.4 Å². The molecule has 0 bridgehead atoms. The van der Waals surface area contributed by atoms with Crippen molar-refractivity contribution in [2.45, 2.75) is 31.0 Å². The van der Waals surface area contributed by atoms with Gasteiger partial charge in [-0.1, -0.05) is 41.0 Å². The van der Waals surface area contributed by atoms with E-state index in [0.717, 1.165) is 10.9 Å². The Balaban J connectivity index is 1.90. The lowest BCUT2D eigenvalue weighted by molar-refractivity contribution is -0.115. The van der Waals surface area contributed by atoms with Gasteiger partial charge in [0.2, 0.25) is 5.91 Å². The summed E-state index contributed by atoms with van der Waals surface area (Å²) in [6, 6.07) is 5.04. The maximum absolute atomic E-state index is 12.7. The fourth-order valence-corrected chi connectivity index (χ4v) is 5.24. The Labute approximate surface area is 186 Å². The lowest BCUT2D eigenvalue weighted by Gasteiger charge is -2.14. The van der Waals surface area contributed by atoms with Crippen LogP contribution in [0.25, 0.3) is 10.2 Å². The van der Waals surface area contributed by atoms with Crippen molar-refractivity contribution < 1.29 is 14.3 Å². The van der Waals surface area contributed by atoms with Gasteiger partial charge in [0, 0.05) is 5.39 Å². The summed E-state index contributed by atoms with van der Waals surface area (Å²) in [6.07, 6.45) is 0. The number of esters is 1. The van der Waals surface area contributed by atoms with Crippen LogP contribution in [-0.4, -0.2) is 34.2 Å². The van der Waals surface area contributed by atoms with E-state index in [0.29, 0.717) is 31.3 Å². The Bertz CT molecular complexity index is 1120. The monoisotopic (exact) mass is 469 g/mol. The minimum atomic E-state index is -0.483. The summed E-state index contributed by atoms with van der Waals surface area (Å²) in [7, 11) is 1.34. The lowest BCUT2D eigenvalue weighted by Crippen LogP contribution is -2.22. The predicted molar refractivity (Wildman–Crippen MR) is 119 cm³/mol. The Morgan fingerprint density at radius 2 is 1.97 bits per heavy atom. The SMILES string of the molecule is COC(=O)c1sc2nc(C)nc(S[C@@H](C)C(=O)Nc3cccc(Cl)c3Cl)c2c1C. The first-order valence-corrected chi connectivity index (χ1v) is 11.0. The Morgan fingerprint density at radius 3 is 2.66 bits per heavy atom. The molecule has 0 aliphatic rings. The van der Waals surface area contributed by atoms with Crippen molar-refractivity contribution in [3.63, 3.8) is 0 Å². The molecule has 29 heavy (non-hydrogen) atoms. The molecule has 2 heterocycles. The minimum Gasteiger partial charge on any atom is -0.465 e. The number of amides is 1. The number of aromatic nitrogens is 2. The fourth-order valence-electron chi connectivity index (χ4n) is 2.63. The van der Waals surface area contributed by atoms with E-state index >= 15 is 0 Å². The number of thioether (sulfide) groups is 1. The number of anilines is 1. The van der Waals surface area contributed by atoms with Gasteiger partial charge in [-0.15, -0.1) is 11.3 Å². The summed E-state index contributed by atoms with van der Waals surface area (Å²) in [5, 5.41) is 4.35. The van der Waals surface area contributed by atoms with E-state index in [-0.39, 0.29) is 10.9 Å². The number of hydrogen-bond acceptors (Lipinski definition) is 7. The second-order valence-electron chi connectivity index (χ2n) is 6.15. The van der Waals surface area contributed by atoms with E-state index in [4.69, 9.17) is 27.9 Å². The number of aryl methyl sites for hydroxylation is 2. The third-order valence-corrected chi connectivity index (χ3v) is 7.18. The molecule has 0 saturated carbocycles. The molecule has 2 aromatic heterocycles. The quantitative estimate of drug-likeness (QED) is 0.300. The predicted octanol–water partition coefficient (Wildman–Crippen LogP) is 5.52. The highest BCUT2D eigenvalue weighted by molar-refractivity contribution is 8.00. The molecule has 0 fully saturated rings. The summed E-state index contributed by atoms with van der Waals surface area (Å²) in [5.41, 5.74) is 1.19. The normalized spacial score (nSPS) is 12.1. The highest BCUT2D eigenvalue weighted by Crippen LogP contribution is 2.38. The van der Waals surface area contributed by atoms with Crippen molar-refractivity contribution in [2.24, 2.45) is 0 Å². The molecule has 3 aromatic rings. The highest BCUT2D eigenvalue weighted by atomic mass is 35.5. The molecule has 10 heteroatoms.